The van der Waals surface area contributed by atoms with Crippen molar-refractivity contribution in [1.29, 1.82) is 0 Å². The van der Waals surface area contributed by atoms with Gasteiger partial charge in [0.05, 0.1) is 42.9 Å². The number of carbonyl (C=O) groups excluding carboxylic acids is 3. The number of anilines is 1. The summed E-state index contributed by atoms with van der Waals surface area (Å²) in [5.41, 5.74) is 2.01. The molecule has 4 rings (SSSR count). The average Bonchev–Trinajstić information content (AvgIpc) is 3.50. The fourth-order valence-electron chi connectivity index (χ4n) is 5.33. The van der Waals surface area contributed by atoms with Crippen LogP contribution < -0.4 is 24.8 Å². The first kappa shape index (κ1) is 42.2. The number of quaternary nitrogens is 1. The molecule has 0 fully saturated rings. The number of hydrogen-bond acceptors (Lipinski definition) is 11. The van der Waals surface area contributed by atoms with Crippen LogP contribution in [0.5, 0.6) is 17.2 Å². The summed E-state index contributed by atoms with van der Waals surface area (Å²) in [5, 5.41) is 8.65. The number of ether oxygens (including phenoxy) is 3. The fourth-order valence-corrected chi connectivity index (χ4v) is 5.33. The van der Waals surface area contributed by atoms with E-state index in [4.69, 9.17) is 31.7 Å². The van der Waals surface area contributed by atoms with Gasteiger partial charge >= 0.3 is 12.1 Å². The van der Waals surface area contributed by atoms with E-state index < -0.39 is 22.2 Å². The topological polar surface area (TPSA) is 197 Å². The Kier molecular flexibility index (Phi) is 16.1. The average molecular weight is 756 g/mol. The number of carbonyl (C=O) groups is 3. The van der Waals surface area contributed by atoms with Crippen molar-refractivity contribution in [3.8, 4) is 17.2 Å². The van der Waals surface area contributed by atoms with E-state index in [0.717, 1.165) is 23.3 Å². The number of nitrogens with two attached hydrogens (primary N) is 1. The molecule has 0 saturated carbocycles. The number of imide groups is 1. The lowest BCUT2D eigenvalue weighted by Gasteiger charge is -2.31. The van der Waals surface area contributed by atoms with E-state index in [2.05, 4.69) is 10.5 Å². The van der Waals surface area contributed by atoms with E-state index in [1.807, 2.05) is 62.9 Å². The Hall–Kier alpha value is -5.19. The van der Waals surface area contributed by atoms with Gasteiger partial charge in [-0.25, -0.2) is 22.9 Å². The van der Waals surface area contributed by atoms with E-state index in [9.17, 15) is 14.4 Å². The van der Waals surface area contributed by atoms with Gasteiger partial charge in [0.2, 0.25) is 0 Å². The summed E-state index contributed by atoms with van der Waals surface area (Å²) in [4.78, 5) is 41.6. The SMILES string of the molecule is CS(=O)(=O)[O-].C[NH2+]C(=O)N(CCc1ccccc1)C(=O)Nc1noc2cc(OCCCCOc3ccc(C(=O)N(C(C)C)C(C)C)cc3OC)ccc12. The van der Waals surface area contributed by atoms with Gasteiger partial charge < -0.3 is 28.2 Å². The van der Waals surface area contributed by atoms with E-state index in [-0.39, 0.29) is 30.4 Å². The molecule has 53 heavy (non-hydrogen) atoms. The Balaban J connectivity index is 0.00000141. The van der Waals surface area contributed by atoms with Crippen LogP contribution in [0.1, 0.15) is 56.5 Å². The lowest BCUT2D eigenvalue weighted by Crippen LogP contribution is -2.87. The van der Waals surface area contributed by atoms with Gasteiger partial charge in [-0.3, -0.25) is 15.4 Å². The molecule has 4 aromatic rings. The Bertz CT molecular complexity index is 1900. The quantitative estimate of drug-likeness (QED) is 0.124. The Labute approximate surface area is 310 Å². The molecule has 0 spiro atoms. The maximum Gasteiger partial charge on any atom is 0.423 e. The minimum Gasteiger partial charge on any atom is -0.748 e. The van der Waals surface area contributed by atoms with Crippen molar-refractivity contribution in [1.82, 2.24) is 15.0 Å². The number of fused-ring (bicyclic) bond motifs is 1. The molecule has 3 aromatic carbocycles. The van der Waals surface area contributed by atoms with Crippen molar-refractivity contribution in [2.24, 2.45) is 0 Å². The summed E-state index contributed by atoms with van der Waals surface area (Å²) >= 11 is 0. The number of hydrogen-bond donors (Lipinski definition) is 2. The third kappa shape index (κ3) is 13.4. The summed E-state index contributed by atoms with van der Waals surface area (Å²) in [6.45, 7) is 9.12. The van der Waals surface area contributed by atoms with Gasteiger partial charge in [-0.1, -0.05) is 35.5 Å². The molecule has 0 atom stereocenters. The first-order chi connectivity index (χ1) is 25.1. The second-order valence-corrected chi connectivity index (χ2v) is 13.9. The van der Waals surface area contributed by atoms with Crippen LogP contribution in [0.15, 0.2) is 71.3 Å². The van der Waals surface area contributed by atoms with Crippen LogP contribution in [0.3, 0.4) is 0 Å². The predicted molar refractivity (Wildman–Crippen MR) is 198 cm³/mol. The number of unbranched alkanes of at least 4 members (excludes halogenated alkanes) is 1. The van der Waals surface area contributed by atoms with Crippen molar-refractivity contribution >= 4 is 44.9 Å². The molecule has 5 amide bonds. The summed E-state index contributed by atoms with van der Waals surface area (Å²) in [7, 11) is -0.761. The minimum absolute atomic E-state index is 0.0464. The van der Waals surface area contributed by atoms with Crippen LogP contribution in [0.4, 0.5) is 15.4 Å². The Morgan fingerprint density at radius 1 is 0.925 bits per heavy atom. The van der Waals surface area contributed by atoms with Gasteiger partial charge in [-0.2, -0.15) is 0 Å². The van der Waals surface area contributed by atoms with E-state index >= 15 is 0 Å². The molecule has 1 aromatic heterocycles. The zero-order valence-electron chi connectivity index (χ0n) is 31.2. The number of nitrogens with one attached hydrogen (secondary N) is 1. The number of primary amides is 1. The molecule has 288 valence electrons. The molecular weight excluding hydrogens is 706 g/mol. The fraction of sp³-hybridized carbons (Fsp3) is 0.405. The number of methoxy groups -OCH3 is 1. The van der Waals surface area contributed by atoms with Crippen LogP contribution >= 0.6 is 0 Å². The maximum atomic E-state index is 13.1. The molecule has 0 aliphatic heterocycles. The summed E-state index contributed by atoms with van der Waals surface area (Å²) in [6.07, 6.45) is 2.59. The highest BCUT2D eigenvalue weighted by molar-refractivity contribution is 7.84. The van der Waals surface area contributed by atoms with Crippen molar-refractivity contribution < 1.29 is 51.4 Å². The van der Waals surface area contributed by atoms with Gasteiger partial charge in [0.15, 0.2) is 22.9 Å². The molecule has 0 radical (unpaired) electrons. The monoisotopic (exact) mass is 755 g/mol. The number of urea groups is 2. The molecule has 0 aliphatic rings. The maximum absolute atomic E-state index is 13.1. The second kappa shape index (κ2) is 20.2. The number of benzene rings is 3. The number of amides is 5. The standard InChI is InChI=1S/C36H45N5O7.CH4O3S/c1-24(2)41(25(3)4)34(42)27-14-17-30(32(22-27)45-6)47-21-11-10-20-46-28-15-16-29-31(23-28)48-39-33(29)38-36(44)40(35(43)37-5)19-18-26-12-8-7-9-13-26;1-5(2,3)4/h7-9,12-17,22-25H,10-11,18-21H2,1-6H3,(H,37,43)(H,38,39,44);1H3,(H,2,3,4). The van der Waals surface area contributed by atoms with Crippen LogP contribution in [0.2, 0.25) is 0 Å². The summed E-state index contributed by atoms with van der Waals surface area (Å²) in [6, 6.07) is 19.3. The normalized spacial score (nSPS) is 11.1. The molecular formula is C37H49N5O10S. The zero-order chi connectivity index (χ0) is 39.1. The highest BCUT2D eigenvalue weighted by Crippen LogP contribution is 2.30. The smallest absolute Gasteiger partial charge is 0.423 e. The number of aromatic nitrogens is 1. The summed E-state index contributed by atoms with van der Waals surface area (Å²) in [5.74, 6) is 1.85. The van der Waals surface area contributed by atoms with Crippen molar-refractivity contribution in [3.05, 3.63) is 77.9 Å². The molecule has 15 nitrogen and oxygen atoms in total. The van der Waals surface area contributed by atoms with Crippen LogP contribution in [0, 0.1) is 0 Å². The third-order valence-corrected chi connectivity index (χ3v) is 7.72. The first-order valence-corrected chi connectivity index (χ1v) is 19.0. The van der Waals surface area contributed by atoms with Crippen molar-refractivity contribution in [3.63, 3.8) is 0 Å². The number of rotatable bonds is 15. The van der Waals surface area contributed by atoms with Gasteiger partial charge in [-0.15, -0.1) is 0 Å². The van der Waals surface area contributed by atoms with E-state index in [1.165, 1.54) is 5.32 Å². The molecule has 1 heterocycles. The first-order valence-electron chi connectivity index (χ1n) is 17.1. The largest absolute Gasteiger partial charge is 0.748 e. The lowest BCUT2D eigenvalue weighted by molar-refractivity contribution is -0.529. The molecule has 0 unspecified atom stereocenters. The van der Waals surface area contributed by atoms with Gasteiger partial charge in [-0.05, 0) is 82.9 Å². The van der Waals surface area contributed by atoms with Gasteiger partial charge in [0.25, 0.3) is 5.91 Å². The lowest BCUT2D eigenvalue weighted by atomic mass is 10.1. The van der Waals surface area contributed by atoms with Crippen LogP contribution in [0.25, 0.3) is 11.0 Å². The summed E-state index contributed by atoms with van der Waals surface area (Å²) < 4.78 is 50.0. The Morgan fingerprint density at radius 2 is 1.57 bits per heavy atom. The Morgan fingerprint density at radius 3 is 2.17 bits per heavy atom. The third-order valence-electron chi connectivity index (χ3n) is 7.72. The van der Waals surface area contributed by atoms with Crippen molar-refractivity contribution in [2.75, 3.05) is 45.5 Å². The molecule has 16 heteroatoms. The molecule has 0 bridgehead atoms. The minimum atomic E-state index is -3.92. The molecule has 0 aliphatic carbocycles. The van der Waals surface area contributed by atoms with E-state index in [1.54, 1.807) is 50.6 Å². The predicted octanol–water partition coefficient (Wildman–Crippen LogP) is 4.88. The molecule has 3 N–H and O–H groups in total. The second-order valence-electron chi connectivity index (χ2n) is 12.5. The highest BCUT2D eigenvalue weighted by Gasteiger charge is 2.26. The van der Waals surface area contributed by atoms with Crippen LogP contribution in [-0.2, 0) is 16.5 Å². The van der Waals surface area contributed by atoms with E-state index in [0.29, 0.717) is 59.7 Å². The van der Waals surface area contributed by atoms with Gasteiger partial charge in [0.1, 0.15) is 5.75 Å². The van der Waals surface area contributed by atoms with Gasteiger partial charge in [0, 0.05) is 36.5 Å². The van der Waals surface area contributed by atoms with Crippen molar-refractivity contribution in [2.45, 2.75) is 59.0 Å². The zero-order valence-corrected chi connectivity index (χ0v) is 32.0. The number of nitrogens with zero attached hydrogens (tertiary/aromatic N) is 3. The van der Waals surface area contributed by atoms with Crippen LogP contribution in [-0.4, -0.2) is 98.2 Å². The highest BCUT2D eigenvalue weighted by atomic mass is 32.2. The molecule has 0 saturated heterocycles.